The van der Waals surface area contributed by atoms with Crippen LogP contribution in [0.2, 0.25) is 0 Å². The van der Waals surface area contributed by atoms with Crippen LogP contribution in [0, 0.1) is 0 Å². The summed E-state index contributed by atoms with van der Waals surface area (Å²) in [6, 6.07) is 1.56. The minimum Gasteiger partial charge on any atom is -0.398 e. The van der Waals surface area contributed by atoms with E-state index in [2.05, 4.69) is 23.1 Å². The second-order valence-electron chi connectivity index (χ2n) is 8.08. The first-order valence-corrected chi connectivity index (χ1v) is 12.4. The predicted molar refractivity (Wildman–Crippen MR) is 142 cm³/mol. The van der Waals surface area contributed by atoms with Crippen LogP contribution in [-0.2, 0) is 0 Å². The van der Waals surface area contributed by atoms with Gasteiger partial charge in [0.25, 0.3) is 5.91 Å². The molecule has 2 unspecified atom stereocenters. The fraction of sp³-hybridized carbons (Fsp3) is 0.462. The number of unbranched alkanes of at least 4 members (excludes halogenated alkanes) is 1. The lowest BCUT2D eigenvalue weighted by atomic mass is 10.0. The van der Waals surface area contributed by atoms with Crippen LogP contribution in [0.3, 0.4) is 0 Å². The molecule has 0 aliphatic heterocycles. The molecule has 0 fully saturated rings. The minimum absolute atomic E-state index is 0.0538. The topological polar surface area (TPSA) is 70.7 Å². The maximum atomic E-state index is 14.3. The predicted octanol–water partition coefficient (Wildman–Crippen LogP) is 6.89. The van der Waals surface area contributed by atoms with E-state index in [9.17, 15) is 13.6 Å². The molecule has 1 heterocycles. The van der Waals surface area contributed by atoms with Crippen LogP contribution in [-0.4, -0.2) is 36.9 Å². The number of amides is 1. The van der Waals surface area contributed by atoms with E-state index in [1.54, 1.807) is 12.1 Å². The minimum atomic E-state index is -1.66. The summed E-state index contributed by atoms with van der Waals surface area (Å²) in [5, 5.41) is 8.72. The van der Waals surface area contributed by atoms with Crippen molar-refractivity contribution in [3.05, 3.63) is 63.8 Å². The molecule has 34 heavy (non-hydrogen) atoms. The van der Waals surface area contributed by atoms with Gasteiger partial charge in [-0.3, -0.25) is 9.80 Å². The fourth-order valence-corrected chi connectivity index (χ4v) is 4.28. The van der Waals surface area contributed by atoms with Crippen LogP contribution in [0.5, 0.6) is 0 Å². The highest BCUT2D eigenvalue weighted by Crippen LogP contribution is 2.34. The highest BCUT2D eigenvalue weighted by atomic mass is 32.1. The molecule has 0 bridgehead atoms. The lowest BCUT2D eigenvalue weighted by Gasteiger charge is -2.20. The monoisotopic (exact) mass is 492 g/mol. The van der Waals surface area contributed by atoms with Gasteiger partial charge in [0, 0.05) is 36.3 Å². The van der Waals surface area contributed by atoms with Gasteiger partial charge in [-0.15, -0.1) is 17.9 Å². The summed E-state index contributed by atoms with van der Waals surface area (Å²) in [4.78, 5) is 13.9. The van der Waals surface area contributed by atoms with Gasteiger partial charge in [0.2, 0.25) is 0 Å². The van der Waals surface area contributed by atoms with Crippen LogP contribution < -0.4 is 11.1 Å². The van der Waals surface area contributed by atoms with E-state index < -0.39 is 17.9 Å². The zero-order valence-electron chi connectivity index (χ0n) is 20.9. The lowest BCUT2D eigenvalue weighted by molar-refractivity contribution is 0.0962. The van der Waals surface area contributed by atoms with Crippen molar-refractivity contribution in [1.29, 1.82) is 0 Å². The van der Waals surface area contributed by atoms with Crippen molar-refractivity contribution in [2.75, 3.05) is 19.3 Å². The average molecular weight is 493 g/mol. The number of carbonyl (C=O) groups excluding carboxylic acids is 1. The molecule has 0 saturated heterocycles. The van der Waals surface area contributed by atoms with Crippen molar-refractivity contribution in [3.8, 4) is 0 Å². The molecule has 0 radical (unpaired) electrons. The normalized spacial score (nSPS) is 14.9. The van der Waals surface area contributed by atoms with Crippen molar-refractivity contribution in [3.63, 3.8) is 0 Å². The Balaban J connectivity index is 2.97. The Hall–Kier alpha value is -2.74. The van der Waals surface area contributed by atoms with Crippen molar-refractivity contribution < 1.29 is 13.6 Å². The van der Waals surface area contributed by atoms with E-state index in [1.807, 2.05) is 45.1 Å². The summed E-state index contributed by atoms with van der Waals surface area (Å²) in [6.45, 7) is 11.4. The largest absolute Gasteiger partial charge is 0.398 e. The SMILES string of the molecule is C=CCCC=C(C)C=NN(C)CC(CC)c1sc(C(=O)NC(=C(F)C=CCC)C(C)F)cc1N. The molecule has 5 nitrogen and oxygen atoms in total. The van der Waals surface area contributed by atoms with Crippen molar-refractivity contribution in [2.45, 2.75) is 65.5 Å². The van der Waals surface area contributed by atoms with Crippen molar-refractivity contribution >= 4 is 29.1 Å². The third-order valence-electron chi connectivity index (χ3n) is 5.06. The van der Waals surface area contributed by atoms with Crippen LogP contribution in [0.1, 0.15) is 73.8 Å². The number of likely N-dealkylation sites (N-methyl/N-ethyl adjacent to an activating group) is 1. The number of rotatable bonds is 14. The van der Waals surface area contributed by atoms with E-state index >= 15 is 0 Å². The number of nitrogen functional groups attached to an aromatic ring is 1. The number of anilines is 1. The van der Waals surface area contributed by atoms with Gasteiger partial charge >= 0.3 is 0 Å². The highest BCUT2D eigenvalue weighted by Gasteiger charge is 2.23. The average Bonchev–Trinajstić information content (AvgIpc) is 3.19. The van der Waals surface area contributed by atoms with Gasteiger partial charge in [0.15, 0.2) is 0 Å². The van der Waals surface area contributed by atoms with Gasteiger partial charge in [-0.2, -0.15) is 5.10 Å². The molecule has 3 N–H and O–H groups in total. The van der Waals surface area contributed by atoms with Gasteiger partial charge in [0.1, 0.15) is 12.0 Å². The molecule has 0 spiro atoms. The van der Waals surface area contributed by atoms with Gasteiger partial charge in [-0.25, -0.2) is 8.78 Å². The van der Waals surface area contributed by atoms with E-state index in [1.165, 1.54) is 24.3 Å². The molecular weight excluding hydrogens is 454 g/mol. The summed E-state index contributed by atoms with van der Waals surface area (Å²) >= 11 is 1.24. The molecule has 2 atom stereocenters. The van der Waals surface area contributed by atoms with Gasteiger partial charge in [-0.1, -0.05) is 32.1 Å². The van der Waals surface area contributed by atoms with E-state index in [-0.39, 0.29) is 11.6 Å². The Labute approximate surface area is 206 Å². The summed E-state index contributed by atoms with van der Waals surface area (Å²) in [6.07, 6.45) is 10.1. The van der Waals surface area contributed by atoms with Crippen LogP contribution in [0.4, 0.5) is 14.5 Å². The number of nitrogens with zero attached hydrogens (tertiary/aromatic N) is 2. The number of alkyl halides is 1. The van der Waals surface area contributed by atoms with E-state index in [4.69, 9.17) is 5.73 Å². The third kappa shape index (κ3) is 9.63. The molecule has 1 aromatic heterocycles. The van der Waals surface area contributed by atoms with E-state index in [0.717, 1.165) is 29.7 Å². The second kappa shape index (κ2) is 15.2. The maximum absolute atomic E-state index is 14.3. The molecule has 1 rings (SSSR count). The summed E-state index contributed by atoms with van der Waals surface area (Å²) in [5.74, 6) is -1.32. The summed E-state index contributed by atoms with van der Waals surface area (Å²) in [5.41, 5.74) is 7.40. The van der Waals surface area contributed by atoms with Gasteiger partial charge < -0.3 is 11.1 Å². The number of nitrogens with two attached hydrogens (primary N) is 1. The molecule has 188 valence electrons. The Morgan fingerprint density at radius 1 is 1.38 bits per heavy atom. The Bertz CT molecular complexity index is 931. The fourth-order valence-electron chi connectivity index (χ4n) is 3.13. The Kier molecular flexibility index (Phi) is 13.1. The molecule has 1 aromatic rings. The van der Waals surface area contributed by atoms with Crippen molar-refractivity contribution in [1.82, 2.24) is 10.3 Å². The zero-order valence-corrected chi connectivity index (χ0v) is 21.7. The Morgan fingerprint density at radius 2 is 2.09 bits per heavy atom. The van der Waals surface area contributed by atoms with Crippen LogP contribution in [0.15, 0.2) is 59.1 Å². The molecule has 1 amide bonds. The third-order valence-corrected chi connectivity index (χ3v) is 6.37. The summed E-state index contributed by atoms with van der Waals surface area (Å²) in [7, 11) is 1.89. The second-order valence-corrected chi connectivity index (χ2v) is 9.16. The van der Waals surface area contributed by atoms with E-state index in [0.29, 0.717) is 23.5 Å². The van der Waals surface area contributed by atoms with Gasteiger partial charge in [-0.05, 0) is 57.2 Å². The first kappa shape index (κ1) is 29.3. The molecule has 0 aliphatic rings. The number of nitrogens with one attached hydrogen (secondary N) is 1. The van der Waals surface area contributed by atoms with Crippen molar-refractivity contribution in [2.24, 2.45) is 5.10 Å². The number of hydrogen-bond donors (Lipinski definition) is 2. The number of carbonyl (C=O) groups is 1. The molecule has 8 heteroatoms. The first-order valence-electron chi connectivity index (χ1n) is 11.6. The number of allylic oxidation sites excluding steroid dienone is 7. The Morgan fingerprint density at radius 3 is 2.68 bits per heavy atom. The smallest absolute Gasteiger partial charge is 0.265 e. The molecular formula is C26H38F2N4OS. The number of halogens is 2. The first-order chi connectivity index (χ1) is 16.1. The number of hydrazone groups is 1. The van der Waals surface area contributed by atoms with Crippen LogP contribution in [0.25, 0.3) is 0 Å². The standard InChI is InChI=1S/C26H38F2N4OS/c1-7-10-12-13-18(4)16-30-32(6)17-20(9-3)25-22(29)15-23(34-25)26(33)31-24(19(5)27)21(28)14-11-8-2/h7,11,13-16,19-20H,1,8-10,12,17,29H2,2-6H3,(H,31,33). The molecule has 0 aliphatic carbocycles. The molecule has 0 saturated carbocycles. The highest BCUT2D eigenvalue weighted by molar-refractivity contribution is 7.14. The van der Waals surface area contributed by atoms with Crippen LogP contribution >= 0.6 is 11.3 Å². The maximum Gasteiger partial charge on any atom is 0.265 e. The van der Waals surface area contributed by atoms with Gasteiger partial charge in [0.05, 0.1) is 10.6 Å². The quantitative estimate of drug-likeness (QED) is 0.0977. The molecule has 0 aromatic carbocycles. The summed E-state index contributed by atoms with van der Waals surface area (Å²) < 4.78 is 28.2. The number of hydrogen-bond acceptors (Lipinski definition) is 5. The number of thiophene rings is 1. The lowest BCUT2D eigenvalue weighted by Crippen LogP contribution is -2.27. The zero-order chi connectivity index (χ0) is 25.7.